The second kappa shape index (κ2) is 4.67. The molecule has 0 saturated carbocycles. The van der Waals surface area contributed by atoms with E-state index < -0.39 is 0 Å². The highest BCUT2D eigenvalue weighted by atomic mass is 32.2. The first-order valence-corrected chi connectivity index (χ1v) is 6.41. The van der Waals surface area contributed by atoms with Gasteiger partial charge in [0.2, 0.25) is 0 Å². The Morgan fingerprint density at radius 3 is 2.84 bits per heavy atom. The van der Waals surface area contributed by atoms with Crippen LogP contribution in [0.25, 0.3) is 11.1 Å². The minimum atomic E-state index is 0.459. The van der Waals surface area contributed by atoms with Crippen LogP contribution in [0, 0.1) is 11.3 Å². The summed E-state index contributed by atoms with van der Waals surface area (Å²) in [7, 11) is 0. The highest BCUT2D eigenvalue weighted by Gasteiger charge is 2.08. The van der Waals surface area contributed by atoms with Gasteiger partial charge in [-0.15, -0.1) is 0 Å². The minimum Gasteiger partial charge on any atom is -0.431 e. The molecule has 1 heterocycles. The molecule has 0 amide bonds. The molecule has 4 nitrogen and oxygen atoms in total. The number of nitrogens with zero attached hydrogens (tertiary/aromatic N) is 2. The molecule has 5 heteroatoms. The maximum atomic E-state index is 8.94. The molecule has 0 spiro atoms. The van der Waals surface area contributed by atoms with Gasteiger partial charge in [-0.05, 0) is 42.1 Å². The summed E-state index contributed by atoms with van der Waals surface area (Å²) < 4.78 is 5.61. The average Bonchev–Trinajstić information content (AvgIpc) is 2.83. The first-order chi connectivity index (χ1) is 9.26. The zero-order chi connectivity index (χ0) is 13.2. The average molecular weight is 267 g/mol. The normalized spacial score (nSPS) is 10.5. The van der Waals surface area contributed by atoms with E-state index >= 15 is 0 Å². The van der Waals surface area contributed by atoms with Crippen molar-refractivity contribution in [3.05, 3.63) is 48.0 Å². The lowest BCUT2D eigenvalue weighted by Crippen LogP contribution is -1.89. The third-order valence-corrected chi connectivity index (χ3v) is 3.46. The summed E-state index contributed by atoms with van der Waals surface area (Å²) in [6.07, 6.45) is 0. The highest BCUT2D eigenvalue weighted by molar-refractivity contribution is 7.99. The van der Waals surface area contributed by atoms with E-state index in [2.05, 4.69) is 11.1 Å². The lowest BCUT2D eigenvalue weighted by atomic mass is 10.2. The van der Waals surface area contributed by atoms with Gasteiger partial charge in [0, 0.05) is 10.6 Å². The molecular formula is C14H9N3OS. The summed E-state index contributed by atoms with van der Waals surface area (Å²) in [6, 6.07) is 14.9. The first kappa shape index (κ1) is 11.6. The Labute approximate surface area is 113 Å². The Morgan fingerprint density at radius 2 is 2.05 bits per heavy atom. The molecule has 0 unspecified atom stereocenters. The van der Waals surface area contributed by atoms with Gasteiger partial charge in [-0.1, -0.05) is 12.1 Å². The van der Waals surface area contributed by atoms with Crippen LogP contribution in [-0.4, -0.2) is 4.98 Å². The first-order valence-electron chi connectivity index (χ1n) is 5.59. The molecule has 0 aliphatic heterocycles. The summed E-state index contributed by atoms with van der Waals surface area (Å²) in [5.74, 6) is 0. The van der Waals surface area contributed by atoms with Gasteiger partial charge in [0.15, 0.2) is 5.58 Å². The SMILES string of the molecule is N#Cc1cc(Sc2nc3ccccc3o2)ccc1N. The van der Waals surface area contributed by atoms with Gasteiger partial charge >= 0.3 is 0 Å². The molecule has 3 aromatic rings. The lowest BCUT2D eigenvalue weighted by Gasteiger charge is -2.00. The smallest absolute Gasteiger partial charge is 0.261 e. The molecule has 0 aliphatic rings. The van der Waals surface area contributed by atoms with Crippen LogP contribution < -0.4 is 5.73 Å². The number of benzene rings is 2. The number of oxazole rings is 1. The van der Waals surface area contributed by atoms with Crippen LogP contribution in [0.15, 0.2) is 57.0 Å². The van der Waals surface area contributed by atoms with Crippen molar-refractivity contribution in [2.45, 2.75) is 10.1 Å². The molecule has 3 rings (SSSR count). The number of nitrogens with two attached hydrogens (primary N) is 1. The number of rotatable bonds is 2. The van der Waals surface area contributed by atoms with Crippen LogP contribution in [0.2, 0.25) is 0 Å². The van der Waals surface area contributed by atoms with Gasteiger partial charge in [0.25, 0.3) is 5.22 Å². The van der Waals surface area contributed by atoms with Gasteiger partial charge in [0.05, 0.1) is 5.56 Å². The van der Waals surface area contributed by atoms with E-state index in [1.54, 1.807) is 12.1 Å². The van der Waals surface area contributed by atoms with Crippen molar-refractivity contribution in [1.29, 1.82) is 5.26 Å². The van der Waals surface area contributed by atoms with Crippen LogP contribution >= 0.6 is 11.8 Å². The predicted octanol–water partition coefficient (Wildman–Crippen LogP) is 3.43. The number of fused-ring (bicyclic) bond motifs is 1. The van der Waals surface area contributed by atoms with E-state index in [1.165, 1.54) is 11.8 Å². The van der Waals surface area contributed by atoms with Gasteiger partial charge in [-0.3, -0.25) is 0 Å². The van der Waals surface area contributed by atoms with Gasteiger partial charge in [-0.25, -0.2) is 4.98 Å². The van der Waals surface area contributed by atoms with E-state index in [9.17, 15) is 0 Å². The standard InChI is InChI=1S/C14H9N3OS/c15-8-9-7-10(5-6-11(9)16)19-14-17-12-3-1-2-4-13(12)18-14/h1-7H,16H2. The van der Waals surface area contributed by atoms with Crippen molar-refractivity contribution in [1.82, 2.24) is 4.98 Å². The Morgan fingerprint density at radius 1 is 1.21 bits per heavy atom. The number of hydrogen-bond acceptors (Lipinski definition) is 5. The number of anilines is 1. The fraction of sp³-hybridized carbons (Fsp3) is 0. The second-order valence-corrected chi connectivity index (χ2v) is 4.94. The monoisotopic (exact) mass is 267 g/mol. The van der Waals surface area contributed by atoms with Crippen LogP contribution in [-0.2, 0) is 0 Å². The van der Waals surface area contributed by atoms with E-state index in [1.807, 2.05) is 30.3 Å². The number of nitrogen functional groups attached to an aromatic ring is 1. The molecule has 0 aliphatic carbocycles. The van der Waals surface area contributed by atoms with Crippen molar-refractivity contribution in [3.8, 4) is 6.07 Å². The quantitative estimate of drug-likeness (QED) is 0.720. The third-order valence-electron chi connectivity index (χ3n) is 2.62. The summed E-state index contributed by atoms with van der Waals surface area (Å²) in [4.78, 5) is 5.24. The molecule has 19 heavy (non-hydrogen) atoms. The summed E-state index contributed by atoms with van der Waals surface area (Å²) in [5, 5.41) is 9.50. The Kier molecular flexibility index (Phi) is 2.86. The molecule has 0 bridgehead atoms. The Bertz CT molecular complexity index is 756. The fourth-order valence-corrected chi connectivity index (χ4v) is 2.48. The maximum Gasteiger partial charge on any atom is 0.261 e. The highest BCUT2D eigenvalue weighted by Crippen LogP contribution is 2.31. The molecule has 0 saturated heterocycles. The number of nitriles is 1. The molecule has 2 aromatic carbocycles. The maximum absolute atomic E-state index is 8.94. The summed E-state index contributed by atoms with van der Waals surface area (Å²) in [6.45, 7) is 0. The number of hydrogen-bond donors (Lipinski definition) is 1. The molecule has 0 fully saturated rings. The van der Waals surface area contributed by atoms with Crippen molar-refractivity contribution in [2.75, 3.05) is 5.73 Å². The lowest BCUT2D eigenvalue weighted by molar-refractivity contribution is 0.489. The Balaban J connectivity index is 1.94. The van der Waals surface area contributed by atoms with Crippen LogP contribution in [0.4, 0.5) is 5.69 Å². The second-order valence-electron chi connectivity index (χ2n) is 3.91. The largest absolute Gasteiger partial charge is 0.431 e. The van der Waals surface area contributed by atoms with Crippen molar-refractivity contribution < 1.29 is 4.42 Å². The molecule has 0 radical (unpaired) electrons. The summed E-state index contributed by atoms with van der Waals surface area (Å²) in [5.41, 5.74) is 8.19. The summed E-state index contributed by atoms with van der Waals surface area (Å²) >= 11 is 1.37. The molecule has 92 valence electrons. The van der Waals surface area contributed by atoms with Gasteiger partial charge < -0.3 is 10.2 Å². The molecule has 2 N–H and O–H groups in total. The predicted molar refractivity (Wildman–Crippen MR) is 73.7 cm³/mol. The number of aromatic nitrogens is 1. The van der Waals surface area contributed by atoms with E-state index in [0.29, 0.717) is 16.5 Å². The molecular weight excluding hydrogens is 258 g/mol. The third kappa shape index (κ3) is 2.26. The van der Waals surface area contributed by atoms with E-state index in [4.69, 9.17) is 15.4 Å². The van der Waals surface area contributed by atoms with Crippen LogP contribution in [0.1, 0.15) is 5.56 Å². The van der Waals surface area contributed by atoms with Gasteiger partial charge in [0.1, 0.15) is 11.6 Å². The zero-order valence-corrected chi connectivity index (χ0v) is 10.6. The molecule has 1 aromatic heterocycles. The van der Waals surface area contributed by atoms with E-state index in [-0.39, 0.29) is 0 Å². The topological polar surface area (TPSA) is 75.8 Å². The van der Waals surface area contributed by atoms with E-state index in [0.717, 1.165) is 16.0 Å². The van der Waals surface area contributed by atoms with Gasteiger partial charge in [-0.2, -0.15) is 5.26 Å². The Hall–Kier alpha value is -2.45. The van der Waals surface area contributed by atoms with Crippen molar-refractivity contribution in [2.24, 2.45) is 0 Å². The van der Waals surface area contributed by atoms with Crippen molar-refractivity contribution >= 4 is 28.5 Å². The molecule has 0 atom stereocenters. The fourth-order valence-electron chi connectivity index (χ4n) is 1.69. The van der Waals surface area contributed by atoms with Crippen LogP contribution in [0.5, 0.6) is 0 Å². The van der Waals surface area contributed by atoms with Crippen molar-refractivity contribution in [3.63, 3.8) is 0 Å². The number of para-hydroxylation sites is 2. The zero-order valence-electron chi connectivity index (χ0n) is 9.83. The minimum absolute atomic E-state index is 0.459. The van der Waals surface area contributed by atoms with Crippen LogP contribution in [0.3, 0.4) is 0 Å².